The zero-order valence-corrected chi connectivity index (χ0v) is 10.3. The minimum absolute atomic E-state index is 0.123. The van der Waals surface area contributed by atoms with Crippen molar-refractivity contribution in [2.45, 2.75) is 6.54 Å². The van der Waals surface area contributed by atoms with Crippen molar-refractivity contribution >= 4 is 5.91 Å². The topological polar surface area (TPSA) is 47.6 Å². The van der Waals surface area contributed by atoms with Crippen LogP contribution in [0, 0.1) is 0 Å². The number of nitrogens with one attached hydrogen (secondary N) is 1. The zero-order valence-electron chi connectivity index (χ0n) is 10.3. The molecule has 0 bridgehead atoms. The Morgan fingerprint density at radius 2 is 1.84 bits per heavy atom. The first-order valence-electron chi connectivity index (χ1n) is 6.05. The molecule has 1 N–H and O–H groups in total. The lowest BCUT2D eigenvalue weighted by Crippen LogP contribution is -2.22. The molecule has 0 fully saturated rings. The van der Waals surface area contributed by atoms with Gasteiger partial charge in [0.05, 0.1) is 0 Å². The van der Waals surface area contributed by atoms with Crippen LogP contribution in [0.1, 0.15) is 15.9 Å². The number of hydrogen-bond acceptors (Lipinski definition) is 3. The van der Waals surface area contributed by atoms with E-state index in [2.05, 4.69) is 5.32 Å². The molecule has 96 valence electrons. The van der Waals surface area contributed by atoms with Crippen molar-refractivity contribution in [1.29, 1.82) is 0 Å². The van der Waals surface area contributed by atoms with E-state index < -0.39 is 0 Å². The molecule has 0 aromatic heterocycles. The molecule has 0 saturated heterocycles. The van der Waals surface area contributed by atoms with E-state index >= 15 is 0 Å². The molecule has 1 amide bonds. The summed E-state index contributed by atoms with van der Waals surface area (Å²) >= 11 is 0. The minimum atomic E-state index is -0.123. The van der Waals surface area contributed by atoms with Crippen molar-refractivity contribution < 1.29 is 14.3 Å². The number of hydrogen-bond donors (Lipinski definition) is 1. The Hall–Kier alpha value is -2.49. The highest BCUT2D eigenvalue weighted by molar-refractivity contribution is 5.94. The summed E-state index contributed by atoms with van der Waals surface area (Å²) in [6, 6.07) is 15.0. The average molecular weight is 255 g/mol. The van der Waals surface area contributed by atoms with Crippen LogP contribution < -0.4 is 14.8 Å². The van der Waals surface area contributed by atoms with Crippen molar-refractivity contribution in [1.82, 2.24) is 5.32 Å². The van der Waals surface area contributed by atoms with Gasteiger partial charge >= 0.3 is 0 Å². The van der Waals surface area contributed by atoms with Gasteiger partial charge in [-0.05, 0) is 23.8 Å². The van der Waals surface area contributed by atoms with E-state index in [9.17, 15) is 4.79 Å². The molecule has 2 aromatic carbocycles. The fraction of sp³-hybridized carbons (Fsp3) is 0.133. The summed E-state index contributed by atoms with van der Waals surface area (Å²) < 4.78 is 10.5. The fourth-order valence-electron chi connectivity index (χ4n) is 1.92. The normalized spacial score (nSPS) is 12.2. The van der Waals surface area contributed by atoms with E-state index in [1.165, 1.54) is 0 Å². The van der Waals surface area contributed by atoms with Gasteiger partial charge in [-0.3, -0.25) is 4.79 Å². The maximum absolute atomic E-state index is 12.0. The Morgan fingerprint density at radius 1 is 1.05 bits per heavy atom. The molecule has 19 heavy (non-hydrogen) atoms. The Kier molecular flexibility index (Phi) is 3.06. The Balaban J connectivity index is 1.67. The summed E-state index contributed by atoms with van der Waals surface area (Å²) in [6.45, 7) is 0.721. The number of carbonyl (C=O) groups is 1. The first kappa shape index (κ1) is 11.6. The van der Waals surface area contributed by atoms with Crippen LogP contribution in [0.5, 0.6) is 11.5 Å². The molecule has 4 nitrogen and oxygen atoms in total. The van der Waals surface area contributed by atoms with Gasteiger partial charge < -0.3 is 14.8 Å². The van der Waals surface area contributed by atoms with E-state index in [0.29, 0.717) is 23.6 Å². The van der Waals surface area contributed by atoms with Gasteiger partial charge in [0.15, 0.2) is 11.5 Å². The van der Waals surface area contributed by atoms with Gasteiger partial charge in [-0.25, -0.2) is 0 Å². The molecule has 0 unspecified atom stereocenters. The zero-order chi connectivity index (χ0) is 13.1. The van der Waals surface area contributed by atoms with Crippen molar-refractivity contribution in [3.8, 4) is 11.5 Å². The highest BCUT2D eigenvalue weighted by Gasteiger charge is 2.15. The highest BCUT2D eigenvalue weighted by atomic mass is 16.7. The number of ether oxygens (including phenoxy) is 2. The van der Waals surface area contributed by atoms with Crippen molar-refractivity contribution in [3.63, 3.8) is 0 Å². The number of carbonyl (C=O) groups excluding carboxylic acids is 1. The van der Waals surface area contributed by atoms with E-state index in [4.69, 9.17) is 9.47 Å². The number of benzene rings is 2. The molecule has 4 heteroatoms. The van der Waals surface area contributed by atoms with Crippen LogP contribution in [0.25, 0.3) is 0 Å². The lowest BCUT2D eigenvalue weighted by molar-refractivity contribution is 0.0950. The second-order valence-electron chi connectivity index (χ2n) is 4.24. The van der Waals surface area contributed by atoms with E-state index in [0.717, 1.165) is 5.56 Å². The van der Waals surface area contributed by atoms with Gasteiger partial charge in [-0.1, -0.05) is 30.3 Å². The molecule has 1 aliphatic heterocycles. The number of amides is 1. The smallest absolute Gasteiger partial charge is 0.251 e. The molecule has 0 radical (unpaired) electrons. The highest BCUT2D eigenvalue weighted by Crippen LogP contribution is 2.32. The second kappa shape index (κ2) is 5.02. The Labute approximate surface area is 111 Å². The summed E-state index contributed by atoms with van der Waals surface area (Å²) in [5.41, 5.74) is 1.64. The monoisotopic (exact) mass is 255 g/mol. The molecule has 1 aliphatic rings. The minimum Gasteiger partial charge on any atom is -0.454 e. The van der Waals surface area contributed by atoms with Crippen LogP contribution >= 0.6 is 0 Å². The summed E-state index contributed by atoms with van der Waals surface area (Å²) in [7, 11) is 0. The molecule has 0 atom stereocenters. The van der Waals surface area contributed by atoms with E-state index in [1.807, 2.05) is 30.3 Å². The predicted molar refractivity (Wildman–Crippen MR) is 70.2 cm³/mol. The largest absolute Gasteiger partial charge is 0.454 e. The second-order valence-corrected chi connectivity index (χ2v) is 4.24. The number of rotatable bonds is 3. The summed E-state index contributed by atoms with van der Waals surface area (Å²) in [4.78, 5) is 12.0. The van der Waals surface area contributed by atoms with Crippen molar-refractivity contribution in [2.75, 3.05) is 6.79 Å². The SMILES string of the molecule is O=C(NCc1ccccc1)c1ccc2c(c1)OCO2. The van der Waals surface area contributed by atoms with Gasteiger partial charge in [0.2, 0.25) is 6.79 Å². The molecular weight excluding hydrogens is 242 g/mol. The van der Waals surface area contributed by atoms with Crippen LogP contribution in [0.15, 0.2) is 48.5 Å². The van der Waals surface area contributed by atoms with Crippen LogP contribution in [-0.2, 0) is 6.54 Å². The first-order valence-corrected chi connectivity index (χ1v) is 6.05. The average Bonchev–Trinajstić information content (AvgIpc) is 2.93. The van der Waals surface area contributed by atoms with Crippen molar-refractivity contribution in [2.24, 2.45) is 0 Å². The van der Waals surface area contributed by atoms with Gasteiger partial charge in [0, 0.05) is 12.1 Å². The van der Waals surface area contributed by atoms with Crippen LogP contribution in [0.2, 0.25) is 0 Å². The summed E-state index contributed by atoms with van der Waals surface area (Å²) in [5.74, 6) is 1.18. The Bertz CT molecular complexity index is 596. The predicted octanol–water partition coefficient (Wildman–Crippen LogP) is 2.35. The third kappa shape index (κ3) is 2.52. The van der Waals surface area contributed by atoms with E-state index in [1.54, 1.807) is 18.2 Å². The maximum atomic E-state index is 12.0. The fourth-order valence-corrected chi connectivity index (χ4v) is 1.92. The molecule has 0 aliphatic carbocycles. The molecule has 3 rings (SSSR count). The molecule has 0 saturated carbocycles. The van der Waals surface area contributed by atoms with Crippen LogP contribution in [0.4, 0.5) is 0 Å². The van der Waals surface area contributed by atoms with Gasteiger partial charge in [0.25, 0.3) is 5.91 Å². The molecule has 2 aromatic rings. The van der Waals surface area contributed by atoms with Gasteiger partial charge in [0.1, 0.15) is 0 Å². The lowest BCUT2D eigenvalue weighted by Gasteiger charge is -2.06. The molecule has 1 heterocycles. The van der Waals surface area contributed by atoms with Gasteiger partial charge in [-0.2, -0.15) is 0 Å². The maximum Gasteiger partial charge on any atom is 0.251 e. The third-order valence-electron chi connectivity index (χ3n) is 2.93. The lowest BCUT2D eigenvalue weighted by atomic mass is 10.1. The summed E-state index contributed by atoms with van der Waals surface area (Å²) in [6.07, 6.45) is 0. The number of fused-ring (bicyclic) bond motifs is 1. The molecular formula is C15H13NO3. The first-order chi connectivity index (χ1) is 9.33. The Morgan fingerprint density at radius 3 is 2.68 bits per heavy atom. The quantitative estimate of drug-likeness (QED) is 0.915. The standard InChI is InChI=1S/C15H13NO3/c17-15(16-9-11-4-2-1-3-5-11)12-6-7-13-14(8-12)19-10-18-13/h1-8H,9-10H2,(H,16,17). The van der Waals surface area contributed by atoms with Crippen LogP contribution in [-0.4, -0.2) is 12.7 Å². The van der Waals surface area contributed by atoms with Crippen LogP contribution in [0.3, 0.4) is 0 Å². The molecule has 0 spiro atoms. The summed E-state index contributed by atoms with van der Waals surface area (Å²) in [5, 5.41) is 2.87. The van der Waals surface area contributed by atoms with Gasteiger partial charge in [-0.15, -0.1) is 0 Å². The third-order valence-corrected chi connectivity index (χ3v) is 2.93. The van der Waals surface area contributed by atoms with E-state index in [-0.39, 0.29) is 12.7 Å². The van der Waals surface area contributed by atoms with Crippen molar-refractivity contribution in [3.05, 3.63) is 59.7 Å².